The molecule has 614 valence electrons. The van der Waals surface area contributed by atoms with Gasteiger partial charge in [-0.25, -0.2) is 9.48 Å². The third-order valence-corrected chi connectivity index (χ3v) is 20.8. The third-order valence-electron chi connectivity index (χ3n) is 20.2. The molecular weight excluding hydrogens is 1600 g/mol. The van der Waals surface area contributed by atoms with Crippen LogP contribution in [0, 0.1) is 0 Å². The molecule has 0 radical (unpaired) electrons. The summed E-state index contributed by atoms with van der Waals surface area (Å²) in [5.41, 5.74) is 12.3. The van der Waals surface area contributed by atoms with E-state index in [4.69, 9.17) is 34.7 Å². The minimum absolute atomic E-state index is 0. The lowest BCUT2D eigenvalue weighted by Crippen LogP contribution is -3.00. The van der Waals surface area contributed by atoms with E-state index in [1.165, 1.54) is 57.9 Å². The van der Waals surface area contributed by atoms with E-state index in [2.05, 4.69) is 138 Å². The predicted octanol–water partition coefficient (Wildman–Crippen LogP) is 21.8. The van der Waals surface area contributed by atoms with Crippen LogP contribution in [0.15, 0.2) is 244 Å². The van der Waals surface area contributed by atoms with Crippen LogP contribution >= 0.6 is 23.2 Å². The van der Waals surface area contributed by atoms with Crippen LogP contribution in [-0.4, -0.2) is 95.3 Å². The first-order valence-corrected chi connectivity index (χ1v) is 37.4. The van der Waals surface area contributed by atoms with E-state index in [-0.39, 0.29) is 16.1 Å². The highest BCUT2D eigenvalue weighted by atomic mass is 35.5. The second kappa shape index (κ2) is 36.1. The Labute approximate surface area is 679 Å². The Bertz CT molecular complexity index is 5370. The Hall–Kier alpha value is -11.6. The maximum absolute atomic E-state index is 15.1. The lowest BCUT2D eigenvalue weighted by Gasteiger charge is -2.38. The maximum Gasteiger partial charge on any atom is 0.762 e. The number of nitrogen functional groups attached to an aromatic ring is 2. The van der Waals surface area contributed by atoms with Crippen LogP contribution in [0.4, 0.5) is 88.4 Å². The molecule has 0 bridgehead atoms. The quantitative estimate of drug-likeness (QED) is 0.0499. The van der Waals surface area contributed by atoms with E-state index in [9.17, 15) is 39.3 Å². The first kappa shape index (κ1) is 88.8. The molecule has 0 saturated heterocycles. The number of anilines is 3. The molecule has 15 rings (SSSR count). The van der Waals surface area contributed by atoms with Gasteiger partial charge in [-0.2, -0.15) is 52.7 Å². The number of alkyl halides is 12. The summed E-state index contributed by atoms with van der Waals surface area (Å²) in [6.45, 7) is 20.5. The van der Waals surface area contributed by atoms with Gasteiger partial charge in [0.05, 0.1) is 32.1 Å². The van der Waals surface area contributed by atoms with Gasteiger partial charge in [-0.05, 0) is 131 Å². The van der Waals surface area contributed by atoms with Gasteiger partial charge in [0.25, 0.3) is 0 Å². The number of halogens is 18. The number of para-hydroxylation sites is 2. The zero-order valence-corrected chi connectivity index (χ0v) is 65.9. The van der Waals surface area contributed by atoms with Gasteiger partial charge in [0.15, 0.2) is 0 Å². The number of hydrogen-bond donors (Lipinski definition) is 2. The smallest absolute Gasteiger partial charge is 0.762 e. The fourth-order valence-corrected chi connectivity index (χ4v) is 15.2. The highest BCUT2D eigenvalue weighted by Gasteiger charge is 2.73. The molecule has 1 aliphatic rings. The number of nitrogens with zero attached hydrogens (tertiary/aromatic N) is 10. The van der Waals surface area contributed by atoms with E-state index in [1.54, 1.807) is 120 Å². The standard InChI is InChI=1S/C35H20F6N6.C27H39N2.C15H12F6N2.C10H6Cl2N2.BF3.FH/c36-34(37,38)33(35(39,40)41,21-1-5-23(6-2-21)46-29-9-13-42-17-25(29)26-18-43-14-10-30(26)46)22-3-7-24(8-4-22)47-31-11-15-44-19-27(31)28-20-45-16-12-32(28)47;1-18(2)22-11-9-12-23(19(3)4)26(22)28-15-16-29(17-28)27-24(20(5)6)13-10-14-25(27)21(7)8;16-14(17,18)13(15(19,20)21,9-1-5-11(22)6-2-9)10-3-7-12(23)8-4-10;11-9-1-3-13-5-7(9)8-6-14-4-2-10(8)12;2-1(3)4;/h1-20H;9-14,17-21H,15-16H2,1-8H3;1-8H,22-23H2;1-6H;;1H/q;+1;;;;/p-1. The molecule has 118 heavy (non-hydrogen) atoms. The summed E-state index contributed by atoms with van der Waals surface area (Å²) in [5, 5.41) is 4.22. The molecule has 0 spiro atoms. The van der Waals surface area contributed by atoms with Gasteiger partial charge < -0.3 is 25.3 Å². The zero-order valence-electron chi connectivity index (χ0n) is 64.4. The largest absolute Gasteiger partial charge is 1.00 e. The van der Waals surface area contributed by atoms with Crippen molar-refractivity contribution in [2.45, 2.75) is 115 Å². The third kappa shape index (κ3) is 17.7. The van der Waals surface area contributed by atoms with Gasteiger partial charge in [0, 0.05) is 152 Å². The van der Waals surface area contributed by atoms with Crippen molar-refractivity contribution in [3.05, 3.63) is 299 Å². The Balaban J connectivity index is 0.000000177. The first-order valence-electron chi connectivity index (χ1n) is 36.7. The molecule has 1 aliphatic heterocycles. The SMILES string of the molecule is CC(C)c1cccc(C(C)C)c1N1C=[N+](c2c(C(C)C)cccc2C(C)C)CC1.Clc1ccncc1-c1cnccc1Cl.FB(F)F.FC(F)(F)C(c1ccc(-n2c3ccncc3c3cnccc32)cc1)(c1ccc(-n2c3ccncc3c3cnccc32)cc1)C(F)(F)F.Nc1ccc(C(c2ccc(N)cc2)(C(F)(F)F)C(F)(F)F)cc1.[F-]. The molecule has 0 aliphatic carbocycles. The minimum Gasteiger partial charge on any atom is -1.00 e. The average Bonchev–Trinajstić information content (AvgIpc) is 1.14. The monoisotopic (exact) mass is 1670 g/mol. The van der Waals surface area contributed by atoms with Crippen LogP contribution in [0.2, 0.25) is 10.0 Å². The molecule has 9 heterocycles. The van der Waals surface area contributed by atoms with Crippen molar-refractivity contribution in [3.8, 4) is 22.5 Å². The average molecular weight is 1680 g/mol. The van der Waals surface area contributed by atoms with Crippen molar-refractivity contribution in [2.75, 3.05) is 29.5 Å². The van der Waals surface area contributed by atoms with Crippen LogP contribution in [0.1, 0.15) is 124 Å². The topological polar surface area (TPSA) is 145 Å². The fourth-order valence-electron chi connectivity index (χ4n) is 14.8. The molecule has 14 aromatic rings. The fraction of sp³-hybridized carbons (Fsp3) is 0.230. The normalized spacial score (nSPS) is 12.7. The summed E-state index contributed by atoms with van der Waals surface area (Å²) in [4.78, 5) is 27.1. The molecule has 0 amide bonds. The zero-order chi connectivity index (χ0) is 84.9. The number of fused-ring (bicyclic) bond motifs is 6. The van der Waals surface area contributed by atoms with Crippen LogP contribution < -0.4 is 21.1 Å². The lowest BCUT2D eigenvalue weighted by molar-refractivity contribution is -0.425. The molecule has 31 heteroatoms. The molecule has 0 unspecified atom stereocenters. The van der Waals surface area contributed by atoms with Crippen molar-refractivity contribution >= 4 is 103 Å². The van der Waals surface area contributed by atoms with Crippen LogP contribution in [0.5, 0.6) is 0 Å². The number of pyridine rings is 6. The molecule has 6 aromatic carbocycles. The summed E-state index contributed by atoms with van der Waals surface area (Å²) >= 11 is 12.0. The molecular formula is C87H77BCl2F16N12. The van der Waals surface area contributed by atoms with E-state index in [0.29, 0.717) is 67.2 Å². The van der Waals surface area contributed by atoms with Gasteiger partial charge in [-0.15, -0.1) is 0 Å². The summed E-state index contributed by atoms with van der Waals surface area (Å²) in [6.07, 6.45) is -0.896. The summed E-state index contributed by atoms with van der Waals surface area (Å²) in [6, 6.07) is 39.7. The summed E-state index contributed by atoms with van der Waals surface area (Å²) in [5.74, 6) is 2.06. The van der Waals surface area contributed by atoms with Gasteiger partial charge >= 0.3 is 32.2 Å². The van der Waals surface area contributed by atoms with Gasteiger partial charge in [0.1, 0.15) is 24.5 Å². The van der Waals surface area contributed by atoms with Crippen molar-refractivity contribution in [1.82, 2.24) is 39.0 Å². The minimum atomic E-state index is -5.73. The Morgan fingerprint density at radius 2 is 0.636 bits per heavy atom. The Kier molecular flexibility index (Phi) is 27.2. The van der Waals surface area contributed by atoms with Crippen molar-refractivity contribution < 1.29 is 74.9 Å². The van der Waals surface area contributed by atoms with Crippen molar-refractivity contribution in [1.29, 1.82) is 0 Å². The summed E-state index contributed by atoms with van der Waals surface area (Å²) < 4.78 is 207. The first-order chi connectivity index (χ1) is 55.3. The number of hydrogen-bond acceptors (Lipinski definition) is 9. The number of nitrogens with two attached hydrogens (primary N) is 2. The van der Waals surface area contributed by atoms with Crippen LogP contribution in [0.25, 0.3) is 66.1 Å². The number of benzene rings is 6. The van der Waals surface area contributed by atoms with Crippen molar-refractivity contribution in [3.63, 3.8) is 0 Å². The van der Waals surface area contributed by atoms with E-state index < -0.39 is 65.3 Å². The molecule has 12 nitrogen and oxygen atoms in total. The molecule has 8 aromatic heterocycles. The van der Waals surface area contributed by atoms with Gasteiger partial charge in [0.2, 0.25) is 17.2 Å². The maximum atomic E-state index is 15.1. The van der Waals surface area contributed by atoms with Crippen LogP contribution in [0.3, 0.4) is 0 Å². The molecule has 0 atom stereocenters. The predicted molar refractivity (Wildman–Crippen MR) is 434 cm³/mol. The Morgan fingerprint density at radius 1 is 0.373 bits per heavy atom. The number of aromatic nitrogens is 8. The highest BCUT2D eigenvalue weighted by molar-refractivity contribution is 6.36. The van der Waals surface area contributed by atoms with Crippen molar-refractivity contribution in [2.24, 2.45) is 0 Å². The van der Waals surface area contributed by atoms with E-state index in [0.717, 1.165) is 119 Å². The van der Waals surface area contributed by atoms with E-state index >= 15 is 26.3 Å². The van der Waals surface area contributed by atoms with Crippen LogP contribution in [-0.2, 0) is 10.8 Å². The molecule has 4 N–H and O–H groups in total. The number of rotatable bonds is 13. The van der Waals surface area contributed by atoms with E-state index in [1.807, 2.05) is 0 Å². The molecule has 0 saturated carbocycles. The Morgan fingerprint density at radius 3 is 0.907 bits per heavy atom. The second-order valence-corrected chi connectivity index (χ2v) is 29.5. The second-order valence-electron chi connectivity index (χ2n) is 28.7. The highest BCUT2D eigenvalue weighted by Crippen LogP contribution is 2.58. The molecule has 0 fully saturated rings. The lowest BCUT2D eigenvalue weighted by atomic mass is 9.73. The summed E-state index contributed by atoms with van der Waals surface area (Å²) in [7, 11) is -3.67. The van der Waals surface area contributed by atoms with Gasteiger partial charge in [-0.3, -0.25) is 42.9 Å². The van der Waals surface area contributed by atoms with Gasteiger partial charge in [-0.1, -0.05) is 164 Å².